The Morgan fingerprint density at radius 2 is 0.843 bits per heavy atom. The highest BCUT2D eigenvalue weighted by Crippen LogP contribution is 2.23. The van der Waals surface area contributed by atoms with Crippen molar-refractivity contribution in [2.24, 2.45) is 0 Å². The van der Waals surface area contributed by atoms with E-state index in [1.54, 1.807) is 6.08 Å². The zero-order valence-electron chi connectivity index (χ0n) is 45.5. The fraction of sp³-hybridized carbons (Fsp3) is 0.852. The number of aliphatic hydroxyl groups excluding tert-OH is 5. The number of allylic oxidation sites excluding steroid dienone is 7. The van der Waals surface area contributed by atoms with Crippen molar-refractivity contribution >= 4 is 5.91 Å². The summed E-state index contributed by atoms with van der Waals surface area (Å²) in [6.45, 7) is 3.75. The van der Waals surface area contributed by atoms with E-state index >= 15 is 0 Å². The number of nitrogens with one attached hydrogen (secondary N) is 1. The molecule has 0 aromatic carbocycles. The molecule has 7 atom stereocenters. The maximum absolute atomic E-state index is 13.0. The van der Waals surface area contributed by atoms with Crippen molar-refractivity contribution in [3.8, 4) is 0 Å². The van der Waals surface area contributed by atoms with Gasteiger partial charge in [0.05, 0.1) is 25.4 Å². The van der Waals surface area contributed by atoms with E-state index in [1.165, 1.54) is 205 Å². The van der Waals surface area contributed by atoms with Crippen molar-refractivity contribution in [2.45, 2.75) is 320 Å². The number of hydrogen-bond donors (Lipinski definition) is 6. The van der Waals surface area contributed by atoms with Gasteiger partial charge in [-0.25, -0.2) is 0 Å². The van der Waals surface area contributed by atoms with Gasteiger partial charge >= 0.3 is 0 Å². The van der Waals surface area contributed by atoms with E-state index in [1.807, 2.05) is 6.08 Å². The second kappa shape index (κ2) is 50.7. The van der Waals surface area contributed by atoms with Crippen LogP contribution in [0.1, 0.15) is 277 Å². The van der Waals surface area contributed by atoms with Crippen LogP contribution >= 0.6 is 0 Å². The van der Waals surface area contributed by atoms with Crippen molar-refractivity contribution < 1.29 is 39.8 Å². The number of ether oxygens (including phenoxy) is 2. The molecule has 0 bridgehead atoms. The molecule has 0 aromatic heterocycles. The van der Waals surface area contributed by atoms with Gasteiger partial charge in [-0.1, -0.05) is 262 Å². The lowest BCUT2D eigenvalue weighted by molar-refractivity contribution is -0.302. The molecule has 1 fully saturated rings. The zero-order valence-corrected chi connectivity index (χ0v) is 45.5. The molecule has 0 aromatic rings. The van der Waals surface area contributed by atoms with Gasteiger partial charge in [-0.05, 0) is 57.8 Å². The van der Waals surface area contributed by atoms with Crippen LogP contribution in [0.4, 0.5) is 0 Å². The molecule has 1 amide bonds. The quantitative estimate of drug-likeness (QED) is 0.0261. The number of unbranched alkanes of at least 4 members (excludes halogenated alkanes) is 35. The Labute approximate surface area is 431 Å². The molecule has 9 heteroatoms. The monoisotopic (exact) mass is 988 g/mol. The fourth-order valence-corrected chi connectivity index (χ4v) is 9.40. The molecule has 410 valence electrons. The minimum absolute atomic E-state index is 0.176. The molecule has 1 aliphatic heterocycles. The molecule has 1 rings (SSSR count). The van der Waals surface area contributed by atoms with E-state index in [-0.39, 0.29) is 12.5 Å². The number of rotatable bonds is 51. The van der Waals surface area contributed by atoms with Gasteiger partial charge in [0.25, 0.3) is 0 Å². The lowest BCUT2D eigenvalue weighted by atomic mass is 9.99. The van der Waals surface area contributed by atoms with Crippen LogP contribution < -0.4 is 5.32 Å². The van der Waals surface area contributed by atoms with Crippen LogP contribution in [0.25, 0.3) is 0 Å². The first-order valence-corrected chi connectivity index (χ1v) is 29.9. The van der Waals surface area contributed by atoms with Gasteiger partial charge in [-0.2, -0.15) is 0 Å². The number of carbonyl (C=O) groups is 1. The standard InChI is InChI=1S/C61H113NO8/c1-3-5-7-9-11-13-15-16-17-18-19-20-21-22-23-24-25-26-27-28-29-30-31-32-33-34-35-36-37-38-39-40-41-43-45-47-49-51-57(65)62-54(53-69-61-60(68)59(67)58(66)56(52-63)70-61)55(64)50-48-46-44-42-14-12-10-8-6-4-2/h15-16,18-19,21-22,48,50,54-56,58-61,63-64,66-68H,3-14,17,20,23-47,49,51-53H2,1-2H3,(H,62,65)/b16-15-,19-18-,22-21-,50-48+. The van der Waals surface area contributed by atoms with Gasteiger partial charge in [0, 0.05) is 6.42 Å². The van der Waals surface area contributed by atoms with Crippen LogP contribution in [0.3, 0.4) is 0 Å². The van der Waals surface area contributed by atoms with E-state index in [0.717, 1.165) is 51.4 Å². The van der Waals surface area contributed by atoms with E-state index in [4.69, 9.17) is 9.47 Å². The summed E-state index contributed by atoms with van der Waals surface area (Å²) < 4.78 is 11.2. The summed E-state index contributed by atoms with van der Waals surface area (Å²) in [5, 5.41) is 54.3. The van der Waals surface area contributed by atoms with E-state index in [0.29, 0.717) is 6.42 Å². The van der Waals surface area contributed by atoms with Crippen LogP contribution in [0.5, 0.6) is 0 Å². The van der Waals surface area contributed by atoms with Gasteiger partial charge in [-0.3, -0.25) is 4.79 Å². The third-order valence-corrected chi connectivity index (χ3v) is 14.1. The molecular weight excluding hydrogens is 875 g/mol. The first-order valence-electron chi connectivity index (χ1n) is 29.9. The zero-order chi connectivity index (χ0) is 50.8. The highest BCUT2D eigenvalue weighted by Gasteiger charge is 2.44. The summed E-state index contributed by atoms with van der Waals surface area (Å²) >= 11 is 0. The summed E-state index contributed by atoms with van der Waals surface area (Å²) in [6, 6.07) is -0.802. The van der Waals surface area contributed by atoms with Crippen molar-refractivity contribution in [3.05, 3.63) is 48.6 Å². The first kappa shape index (κ1) is 66.2. The van der Waals surface area contributed by atoms with Crippen molar-refractivity contribution in [3.63, 3.8) is 0 Å². The van der Waals surface area contributed by atoms with Gasteiger partial charge in [-0.15, -0.1) is 0 Å². The smallest absolute Gasteiger partial charge is 0.220 e. The summed E-state index contributed by atoms with van der Waals surface area (Å²) in [4.78, 5) is 13.0. The molecule has 7 unspecified atom stereocenters. The highest BCUT2D eigenvalue weighted by molar-refractivity contribution is 5.76. The van der Waals surface area contributed by atoms with Crippen LogP contribution in [0, 0.1) is 0 Å². The normalized spacial score (nSPS) is 19.7. The molecular formula is C61H113NO8. The lowest BCUT2D eigenvalue weighted by Gasteiger charge is -2.40. The second-order valence-corrected chi connectivity index (χ2v) is 20.8. The number of aliphatic hydroxyl groups is 5. The van der Waals surface area contributed by atoms with Crippen molar-refractivity contribution in [2.75, 3.05) is 13.2 Å². The number of carbonyl (C=O) groups excluding carboxylic acids is 1. The molecule has 1 heterocycles. The average Bonchev–Trinajstić information content (AvgIpc) is 3.36. The van der Waals surface area contributed by atoms with Crippen molar-refractivity contribution in [1.82, 2.24) is 5.32 Å². The van der Waals surface area contributed by atoms with Crippen LogP contribution in [0.2, 0.25) is 0 Å². The Kier molecular flexibility index (Phi) is 47.9. The van der Waals surface area contributed by atoms with Crippen molar-refractivity contribution in [1.29, 1.82) is 0 Å². The Morgan fingerprint density at radius 3 is 1.24 bits per heavy atom. The van der Waals surface area contributed by atoms with Gasteiger partial charge in [0.15, 0.2) is 6.29 Å². The largest absolute Gasteiger partial charge is 0.394 e. The highest BCUT2D eigenvalue weighted by atomic mass is 16.7. The number of amides is 1. The van der Waals surface area contributed by atoms with Crippen LogP contribution in [0.15, 0.2) is 48.6 Å². The minimum atomic E-state index is -1.56. The molecule has 9 nitrogen and oxygen atoms in total. The average molecular weight is 989 g/mol. The molecule has 0 radical (unpaired) electrons. The Bertz CT molecular complexity index is 1240. The van der Waals surface area contributed by atoms with Gasteiger partial charge < -0.3 is 40.3 Å². The Balaban J connectivity index is 2.03. The third kappa shape index (κ3) is 39.7. The maximum Gasteiger partial charge on any atom is 0.220 e. The predicted octanol–water partition coefficient (Wildman–Crippen LogP) is 14.9. The van der Waals surface area contributed by atoms with Gasteiger partial charge in [0.1, 0.15) is 24.4 Å². The molecule has 1 aliphatic rings. The summed E-state index contributed by atoms with van der Waals surface area (Å²) in [7, 11) is 0. The third-order valence-electron chi connectivity index (χ3n) is 14.1. The van der Waals surface area contributed by atoms with Crippen LogP contribution in [-0.2, 0) is 14.3 Å². The Morgan fingerprint density at radius 1 is 0.486 bits per heavy atom. The summed E-state index contributed by atoms with van der Waals surface area (Å²) in [5.74, 6) is -0.176. The van der Waals surface area contributed by atoms with E-state index in [2.05, 4.69) is 55.6 Å². The number of hydrogen-bond acceptors (Lipinski definition) is 8. The van der Waals surface area contributed by atoms with E-state index < -0.39 is 49.5 Å². The second-order valence-electron chi connectivity index (χ2n) is 20.8. The topological polar surface area (TPSA) is 149 Å². The summed E-state index contributed by atoms with van der Waals surface area (Å²) in [5.41, 5.74) is 0. The predicted molar refractivity (Wildman–Crippen MR) is 295 cm³/mol. The molecule has 6 N–H and O–H groups in total. The molecule has 0 spiro atoms. The first-order chi connectivity index (χ1) is 34.3. The van der Waals surface area contributed by atoms with Gasteiger partial charge in [0.2, 0.25) is 5.91 Å². The Hall–Kier alpha value is -1.85. The molecule has 70 heavy (non-hydrogen) atoms. The lowest BCUT2D eigenvalue weighted by Crippen LogP contribution is -2.60. The van der Waals surface area contributed by atoms with Crippen LogP contribution in [-0.4, -0.2) is 87.5 Å². The minimum Gasteiger partial charge on any atom is -0.394 e. The molecule has 1 saturated heterocycles. The molecule has 0 saturated carbocycles. The summed E-state index contributed by atoms with van der Waals surface area (Å²) in [6.07, 6.45) is 60.7. The fourth-order valence-electron chi connectivity index (χ4n) is 9.40. The maximum atomic E-state index is 13.0. The molecule has 0 aliphatic carbocycles. The van der Waals surface area contributed by atoms with E-state index in [9.17, 15) is 30.3 Å². The SMILES string of the molecule is CCCCCCC/C=C\C/C=C\C/C=C\CCCCCCCCCCCCCCCCCCCCCCCCC(=O)NC(COC1OC(CO)C(O)C(O)C1O)C(O)/C=C/CCCCCCCCCC.